The SMILES string of the molecule is CC(C)(C)OC(=O)N1CCC(CCCOc2cc(F)c(P(C)(C)=O)c(F)c2)CC1. The topological polar surface area (TPSA) is 55.8 Å². The minimum absolute atomic E-state index is 0.108. The van der Waals surface area contributed by atoms with Crippen LogP contribution in [0.4, 0.5) is 13.6 Å². The summed E-state index contributed by atoms with van der Waals surface area (Å²) in [4.78, 5) is 13.8. The van der Waals surface area contributed by atoms with E-state index in [4.69, 9.17) is 9.47 Å². The highest BCUT2D eigenvalue weighted by atomic mass is 31.2. The molecule has 2 rings (SSSR count). The summed E-state index contributed by atoms with van der Waals surface area (Å²) in [6.07, 6.45) is 3.21. The predicted molar refractivity (Wildman–Crippen MR) is 111 cm³/mol. The highest BCUT2D eigenvalue weighted by Gasteiger charge is 2.27. The Morgan fingerprint density at radius 3 is 2.21 bits per heavy atom. The van der Waals surface area contributed by atoms with E-state index in [2.05, 4.69) is 0 Å². The van der Waals surface area contributed by atoms with Gasteiger partial charge in [-0.05, 0) is 65.7 Å². The quantitative estimate of drug-likeness (QED) is 0.469. The zero-order valence-electron chi connectivity index (χ0n) is 18.0. The summed E-state index contributed by atoms with van der Waals surface area (Å²) >= 11 is 0. The van der Waals surface area contributed by atoms with Crippen LogP contribution in [-0.2, 0) is 9.30 Å². The summed E-state index contributed by atoms with van der Waals surface area (Å²) in [6.45, 7) is 9.93. The van der Waals surface area contributed by atoms with Crippen LogP contribution < -0.4 is 10.0 Å². The van der Waals surface area contributed by atoms with Crippen LogP contribution in [0.15, 0.2) is 12.1 Å². The molecule has 0 radical (unpaired) electrons. The number of carbonyl (C=O) groups excluding carboxylic acids is 1. The summed E-state index contributed by atoms with van der Waals surface area (Å²) in [5, 5.41) is -0.360. The second-order valence-corrected chi connectivity index (χ2v) is 12.1. The van der Waals surface area contributed by atoms with Crippen molar-refractivity contribution in [2.24, 2.45) is 5.92 Å². The molecule has 1 amide bonds. The van der Waals surface area contributed by atoms with Crippen LogP contribution >= 0.6 is 7.14 Å². The third-order valence-corrected chi connectivity index (χ3v) is 6.32. The maximum Gasteiger partial charge on any atom is 0.410 e. The van der Waals surface area contributed by atoms with E-state index in [9.17, 15) is 18.1 Å². The van der Waals surface area contributed by atoms with E-state index in [-0.39, 0.29) is 17.1 Å². The molecule has 164 valence electrons. The Morgan fingerprint density at radius 2 is 1.72 bits per heavy atom. The summed E-state index contributed by atoms with van der Waals surface area (Å²) in [7, 11) is -3.03. The van der Waals surface area contributed by atoms with Gasteiger partial charge in [-0.1, -0.05) is 0 Å². The largest absolute Gasteiger partial charge is 0.493 e. The Labute approximate surface area is 172 Å². The number of rotatable bonds is 6. The summed E-state index contributed by atoms with van der Waals surface area (Å²) in [5.41, 5.74) is -0.492. The summed E-state index contributed by atoms with van der Waals surface area (Å²) < 4.78 is 51.0. The van der Waals surface area contributed by atoms with Gasteiger partial charge < -0.3 is 18.9 Å². The highest BCUT2D eigenvalue weighted by Crippen LogP contribution is 2.37. The minimum Gasteiger partial charge on any atom is -0.493 e. The number of halogens is 2. The lowest BCUT2D eigenvalue weighted by molar-refractivity contribution is 0.0179. The predicted octanol–water partition coefficient (Wildman–Crippen LogP) is 5.02. The molecule has 1 saturated heterocycles. The average molecular weight is 431 g/mol. The molecule has 0 unspecified atom stereocenters. The van der Waals surface area contributed by atoms with Crippen molar-refractivity contribution in [1.82, 2.24) is 4.90 Å². The molecular weight excluding hydrogens is 399 g/mol. The first kappa shape index (κ1) is 23.7. The summed E-state index contributed by atoms with van der Waals surface area (Å²) in [5.74, 6) is -1.07. The van der Waals surface area contributed by atoms with Crippen molar-refractivity contribution in [2.45, 2.75) is 52.1 Å². The van der Waals surface area contributed by atoms with Gasteiger partial charge in [-0.15, -0.1) is 0 Å². The van der Waals surface area contributed by atoms with Crippen LogP contribution in [0.1, 0.15) is 46.5 Å². The van der Waals surface area contributed by atoms with Crippen LogP contribution in [0, 0.1) is 17.6 Å². The maximum atomic E-state index is 14.1. The molecule has 0 aromatic heterocycles. The first-order valence-electron chi connectivity index (χ1n) is 10.0. The van der Waals surface area contributed by atoms with Crippen molar-refractivity contribution in [3.05, 3.63) is 23.8 Å². The number of hydrogen-bond acceptors (Lipinski definition) is 4. The number of likely N-dealkylation sites (tertiary alicyclic amines) is 1. The molecule has 0 aliphatic carbocycles. The van der Waals surface area contributed by atoms with Crippen molar-refractivity contribution in [3.8, 4) is 5.75 Å². The number of amides is 1. The number of ether oxygens (including phenoxy) is 2. The Bertz CT molecular complexity index is 741. The Morgan fingerprint density at radius 1 is 1.17 bits per heavy atom. The lowest BCUT2D eigenvalue weighted by atomic mass is 9.92. The molecule has 0 saturated carbocycles. The van der Waals surface area contributed by atoms with Crippen LogP contribution in [0.5, 0.6) is 5.75 Å². The monoisotopic (exact) mass is 431 g/mol. The van der Waals surface area contributed by atoms with Crippen LogP contribution in [0.2, 0.25) is 0 Å². The number of piperidine rings is 1. The van der Waals surface area contributed by atoms with E-state index in [1.54, 1.807) is 4.90 Å². The second kappa shape index (κ2) is 9.46. The maximum absolute atomic E-state index is 14.1. The lowest BCUT2D eigenvalue weighted by Gasteiger charge is -2.33. The Balaban J connectivity index is 1.74. The van der Waals surface area contributed by atoms with Gasteiger partial charge in [-0.25, -0.2) is 13.6 Å². The molecule has 1 aliphatic rings. The molecule has 5 nitrogen and oxygen atoms in total. The van der Waals surface area contributed by atoms with Crippen molar-refractivity contribution >= 4 is 18.5 Å². The number of carbonyl (C=O) groups is 1. The first-order valence-corrected chi connectivity index (χ1v) is 12.6. The van der Waals surface area contributed by atoms with E-state index in [1.165, 1.54) is 13.3 Å². The van der Waals surface area contributed by atoms with Gasteiger partial charge in [0.25, 0.3) is 0 Å². The Hall–Kier alpha value is -1.62. The van der Waals surface area contributed by atoms with Gasteiger partial charge >= 0.3 is 6.09 Å². The van der Waals surface area contributed by atoms with Crippen molar-refractivity contribution in [3.63, 3.8) is 0 Å². The summed E-state index contributed by atoms with van der Waals surface area (Å²) in [6, 6.07) is 2.19. The van der Waals surface area contributed by atoms with Gasteiger partial charge in [0.2, 0.25) is 0 Å². The van der Waals surface area contributed by atoms with Crippen LogP contribution in [-0.4, -0.2) is 49.6 Å². The number of benzene rings is 1. The first-order chi connectivity index (χ1) is 13.4. The molecule has 1 heterocycles. The molecule has 1 fully saturated rings. The van der Waals surface area contributed by atoms with Crippen molar-refractivity contribution in [2.75, 3.05) is 33.0 Å². The fraction of sp³-hybridized carbons (Fsp3) is 0.667. The molecule has 29 heavy (non-hydrogen) atoms. The second-order valence-electron chi connectivity index (χ2n) is 8.99. The van der Waals surface area contributed by atoms with Crippen LogP contribution in [0.3, 0.4) is 0 Å². The Kier molecular flexibility index (Phi) is 7.72. The molecule has 0 N–H and O–H groups in total. The van der Waals surface area contributed by atoms with Gasteiger partial charge in [0.05, 0.1) is 11.9 Å². The normalized spacial score (nSPS) is 16.0. The molecule has 1 aliphatic heterocycles. The van der Waals surface area contributed by atoms with E-state index >= 15 is 0 Å². The zero-order chi connectivity index (χ0) is 21.8. The smallest absolute Gasteiger partial charge is 0.410 e. The van der Waals surface area contributed by atoms with E-state index < -0.39 is 24.4 Å². The molecular formula is C21H32F2NO4P. The van der Waals surface area contributed by atoms with Crippen molar-refractivity contribution in [1.29, 1.82) is 0 Å². The molecule has 0 bridgehead atoms. The van der Waals surface area contributed by atoms with Gasteiger partial charge in [-0.2, -0.15) is 0 Å². The highest BCUT2D eigenvalue weighted by molar-refractivity contribution is 7.70. The molecule has 1 aromatic carbocycles. The van der Waals surface area contributed by atoms with E-state index in [1.807, 2.05) is 20.8 Å². The van der Waals surface area contributed by atoms with Gasteiger partial charge in [0, 0.05) is 25.2 Å². The van der Waals surface area contributed by atoms with Gasteiger partial charge in [0.1, 0.15) is 30.1 Å². The molecule has 0 atom stereocenters. The zero-order valence-corrected chi connectivity index (χ0v) is 18.9. The minimum atomic E-state index is -3.03. The number of nitrogens with zero attached hydrogens (tertiary/aromatic N) is 1. The fourth-order valence-corrected chi connectivity index (χ4v) is 4.59. The third-order valence-electron chi connectivity index (χ3n) is 4.82. The fourth-order valence-electron chi connectivity index (χ4n) is 3.43. The standard InChI is InChI=1S/C21H32F2NO4P/c1-21(2,3)28-20(25)24-10-8-15(9-11-24)7-6-12-27-16-13-17(22)19(18(23)14-16)29(4,5)26/h13-15H,6-12H2,1-5H3. The third kappa shape index (κ3) is 7.29. The molecule has 1 aromatic rings. The van der Waals surface area contributed by atoms with E-state index in [0.29, 0.717) is 25.6 Å². The van der Waals surface area contributed by atoms with Crippen molar-refractivity contribution < 1.29 is 27.6 Å². The average Bonchev–Trinajstić information content (AvgIpc) is 2.56. The van der Waals surface area contributed by atoms with E-state index in [0.717, 1.165) is 37.8 Å². The number of hydrogen-bond donors (Lipinski definition) is 0. The molecule has 8 heteroatoms. The van der Waals surface area contributed by atoms with Gasteiger partial charge in [0.15, 0.2) is 0 Å². The molecule has 0 spiro atoms. The lowest BCUT2D eigenvalue weighted by Crippen LogP contribution is -2.41. The van der Waals surface area contributed by atoms with Crippen LogP contribution in [0.25, 0.3) is 0 Å². The van der Waals surface area contributed by atoms with Gasteiger partial charge in [-0.3, -0.25) is 0 Å².